The van der Waals surface area contributed by atoms with Crippen LogP contribution in [0.15, 0.2) is 42.5 Å². The number of nitrogens with one attached hydrogen (secondary N) is 1. The summed E-state index contributed by atoms with van der Waals surface area (Å²) < 4.78 is 10.7. The minimum absolute atomic E-state index is 0.256. The molecule has 0 aliphatic heterocycles. The van der Waals surface area contributed by atoms with Crippen molar-refractivity contribution < 1.29 is 14.3 Å². The fraction of sp³-hybridized carbons (Fsp3) is 0.188. The average Bonchev–Trinajstić information content (AvgIpc) is 2.50. The summed E-state index contributed by atoms with van der Waals surface area (Å²) >= 11 is 11.7. The Hall–Kier alpha value is -1.91. The van der Waals surface area contributed by atoms with Crippen LogP contribution < -0.4 is 14.8 Å². The van der Waals surface area contributed by atoms with Gasteiger partial charge in [-0.05, 0) is 30.3 Å². The van der Waals surface area contributed by atoms with Crippen LogP contribution in [0.25, 0.3) is 0 Å². The maximum atomic E-state index is 12.0. The van der Waals surface area contributed by atoms with Crippen molar-refractivity contribution >= 4 is 29.1 Å². The second kappa shape index (κ2) is 7.92. The van der Waals surface area contributed by atoms with E-state index in [2.05, 4.69) is 5.32 Å². The third-order valence-electron chi connectivity index (χ3n) is 2.84. The monoisotopic (exact) mass is 339 g/mol. The topological polar surface area (TPSA) is 47.6 Å². The number of hydrogen-bond donors (Lipinski definition) is 1. The summed E-state index contributed by atoms with van der Waals surface area (Å²) in [5.74, 6) is 1.02. The zero-order valence-corrected chi connectivity index (χ0v) is 13.4. The molecule has 0 atom stereocenters. The van der Waals surface area contributed by atoms with Gasteiger partial charge in [-0.25, -0.2) is 0 Å². The van der Waals surface area contributed by atoms with Crippen molar-refractivity contribution in [2.45, 2.75) is 0 Å². The number of rotatable bonds is 6. The van der Waals surface area contributed by atoms with Gasteiger partial charge < -0.3 is 14.8 Å². The van der Waals surface area contributed by atoms with Crippen LogP contribution in [0.2, 0.25) is 10.0 Å². The first-order valence-electron chi connectivity index (χ1n) is 6.60. The van der Waals surface area contributed by atoms with Crippen molar-refractivity contribution in [1.82, 2.24) is 5.32 Å². The zero-order valence-electron chi connectivity index (χ0n) is 11.9. The molecule has 0 saturated carbocycles. The number of carbonyl (C=O) groups is 1. The van der Waals surface area contributed by atoms with Crippen LogP contribution in [0.1, 0.15) is 10.4 Å². The quantitative estimate of drug-likeness (QED) is 0.814. The van der Waals surface area contributed by atoms with Crippen LogP contribution in [-0.2, 0) is 0 Å². The van der Waals surface area contributed by atoms with Gasteiger partial charge in [-0.2, -0.15) is 0 Å². The minimum atomic E-state index is -0.256. The normalized spacial score (nSPS) is 10.1. The van der Waals surface area contributed by atoms with Gasteiger partial charge in [0.15, 0.2) is 11.5 Å². The number of methoxy groups -OCH3 is 1. The first kappa shape index (κ1) is 16.5. The standard InChI is InChI=1S/C16H15Cl2NO3/c1-21-14-4-2-3-5-15(14)22-7-6-19-16(20)11-8-12(17)10-13(18)9-11/h2-5,8-10H,6-7H2,1H3,(H,19,20). The van der Waals surface area contributed by atoms with Gasteiger partial charge in [0.1, 0.15) is 6.61 Å². The fourth-order valence-electron chi connectivity index (χ4n) is 1.85. The minimum Gasteiger partial charge on any atom is -0.493 e. The molecule has 0 heterocycles. The molecule has 6 heteroatoms. The molecule has 2 aromatic carbocycles. The predicted octanol–water partition coefficient (Wildman–Crippen LogP) is 3.81. The Balaban J connectivity index is 1.84. The second-order valence-corrected chi connectivity index (χ2v) is 5.29. The molecular formula is C16H15Cl2NO3. The van der Waals surface area contributed by atoms with Crippen molar-refractivity contribution in [3.8, 4) is 11.5 Å². The van der Waals surface area contributed by atoms with E-state index in [0.29, 0.717) is 40.3 Å². The molecular weight excluding hydrogens is 325 g/mol. The first-order valence-corrected chi connectivity index (χ1v) is 7.36. The Morgan fingerprint density at radius 3 is 2.36 bits per heavy atom. The Morgan fingerprint density at radius 2 is 1.73 bits per heavy atom. The number of ether oxygens (including phenoxy) is 2. The lowest BCUT2D eigenvalue weighted by Gasteiger charge is -2.11. The van der Waals surface area contributed by atoms with Crippen molar-refractivity contribution in [3.63, 3.8) is 0 Å². The highest BCUT2D eigenvalue weighted by Gasteiger charge is 2.08. The van der Waals surface area contributed by atoms with E-state index < -0.39 is 0 Å². The maximum absolute atomic E-state index is 12.0. The molecule has 0 aliphatic rings. The Labute approximate surface area is 138 Å². The SMILES string of the molecule is COc1ccccc1OCCNC(=O)c1cc(Cl)cc(Cl)c1. The molecule has 22 heavy (non-hydrogen) atoms. The van der Waals surface area contributed by atoms with Gasteiger partial charge in [-0.3, -0.25) is 4.79 Å². The van der Waals surface area contributed by atoms with Crippen LogP contribution in [0, 0.1) is 0 Å². The lowest BCUT2D eigenvalue weighted by Crippen LogP contribution is -2.28. The molecule has 0 radical (unpaired) electrons. The molecule has 4 nitrogen and oxygen atoms in total. The van der Waals surface area contributed by atoms with Gasteiger partial charge in [0.05, 0.1) is 13.7 Å². The van der Waals surface area contributed by atoms with E-state index in [1.807, 2.05) is 18.2 Å². The van der Waals surface area contributed by atoms with E-state index >= 15 is 0 Å². The van der Waals surface area contributed by atoms with Crippen molar-refractivity contribution in [2.24, 2.45) is 0 Å². The summed E-state index contributed by atoms with van der Waals surface area (Å²) in [4.78, 5) is 12.0. The number of amides is 1. The molecule has 0 spiro atoms. The summed E-state index contributed by atoms with van der Waals surface area (Å²) in [6.07, 6.45) is 0. The molecule has 0 aliphatic carbocycles. The zero-order chi connectivity index (χ0) is 15.9. The van der Waals surface area contributed by atoms with E-state index in [0.717, 1.165) is 0 Å². The van der Waals surface area contributed by atoms with Crippen LogP contribution in [0.3, 0.4) is 0 Å². The third kappa shape index (κ3) is 4.55. The maximum Gasteiger partial charge on any atom is 0.251 e. The highest BCUT2D eigenvalue weighted by Crippen LogP contribution is 2.25. The Morgan fingerprint density at radius 1 is 1.09 bits per heavy atom. The van der Waals surface area contributed by atoms with Gasteiger partial charge in [-0.15, -0.1) is 0 Å². The lowest BCUT2D eigenvalue weighted by molar-refractivity contribution is 0.0947. The van der Waals surface area contributed by atoms with Crippen molar-refractivity contribution in [3.05, 3.63) is 58.1 Å². The van der Waals surface area contributed by atoms with Gasteiger partial charge in [-0.1, -0.05) is 35.3 Å². The number of halogens is 2. The van der Waals surface area contributed by atoms with Crippen LogP contribution in [0.5, 0.6) is 11.5 Å². The van der Waals surface area contributed by atoms with E-state index in [1.54, 1.807) is 31.4 Å². The van der Waals surface area contributed by atoms with Crippen LogP contribution >= 0.6 is 23.2 Å². The first-order chi connectivity index (χ1) is 10.6. The molecule has 0 unspecified atom stereocenters. The largest absolute Gasteiger partial charge is 0.493 e. The highest BCUT2D eigenvalue weighted by molar-refractivity contribution is 6.35. The van der Waals surface area contributed by atoms with E-state index in [1.165, 1.54) is 0 Å². The summed E-state index contributed by atoms with van der Waals surface area (Å²) in [7, 11) is 1.58. The van der Waals surface area contributed by atoms with Crippen molar-refractivity contribution in [2.75, 3.05) is 20.3 Å². The highest BCUT2D eigenvalue weighted by atomic mass is 35.5. The molecule has 0 bridgehead atoms. The number of hydrogen-bond acceptors (Lipinski definition) is 3. The van der Waals surface area contributed by atoms with Crippen LogP contribution in [-0.4, -0.2) is 26.2 Å². The fourth-order valence-corrected chi connectivity index (χ4v) is 2.38. The number of benzene rings is 2. The van der Waals surface area contributed by atoms with E-state index in [4.69, 9.17) is 32.7 Å². The molecule has 0 saturated heterocycles. The third-order valence-corrected chi connectivity index (χ3v) is 3.28. The predicted molar refractivity (Wildman–Crippen MR) is 87.3 cm³/mol. The van der Waals surface area contributed by atoms with Crippen molar-refractivity contribution in [1.29, 1.82) is 0 Å². The van der Waals surface area contributed by atoms with Gasteiger partial charge in [0.25, 0.3) is 5.91 Å². The molecule has 0 aromatic heterocycles. The molecule has 2 rings (SSSR count). The number of para-hydroxylation sites is 2. The molecule has 0 fully saturated rings. The molecule has 1 N–H and O–H groups in total. The van der Waals surface area contributed by atoms with Gasteiger partial charge in [0, 0.05) is 15.6 Å². The van der Waals surface area contributed by atoms with Gasteiger partial charge >= 0.3 is 0 Å². The second-order valence-electron chi connectivity index (χ2n) is 4.41. The molecule has 2 aromatic rings. The summed E-state index contributed by atoms with van der Waals surface area (Å²) in [6, 6.07) is 12.0. The summed E-state index contributed by atoms with van der Waals surface area (Å²) in [5.41, 5.74) is 0.412. The van der Waals surface area contributed by atoms with E-state index in [9.17, 15) is 4.79 Å². The van der Waals surface area contributed by atoms with Gasteiger partial charge in [0.2, 0.25) is 0 Å². The molecule has 116 valence electrons. The Kier molecular flexibility index (Phi) is 5.92. The smallest absolute Gasteiger partial charge is 0.251 e. The van der Waals surface area contributed by atoms with Crippen LogP contribution in [0.4, 0.5) is 0 Å². The Bertz CT molecular complexity index is 641. The summed E-state index contributed by atoms with van der Waals surface area (Å²) in [6.45, 7) is 0.668. The average molecular weight is 340 g/mol. The lowest BCUT2D eigenvalue weighted by atomic mass is 10.2. The summed E-state index contributed by atoms with van der Waals surface area (Å²) in [5, 5.41) is 3.58. The molecule has 1 amide bonds. The van der Waals surface area contributed by atoms with E-state index in [-0.39, 0.29) is 5.91 Å². The number of carbonyl (C=O) groups excluding carboxylic acids is 1.